The second-order valence-electron chi connectivity index (χ2n) is 5.96. The Morgan fingerprint density at radius 3 is 2.36 bits per heavy atom. The molecule has 1 heterocycles. The Morgan fingerprint density at radius 1 is 1.11 bits per heavy atom. The zero-order valence-corrected chi connectivity index (χ0v) is 15.2. The molecule has 0 aromatic heterocycles. The molecule has 1 saturated heterocycles. The molecule has 2 aromatic rings. The largest absolute Gasteiger partial charge is 0.573 e. The second-order valence-corrected chi connectivity index (χ2v) is 5.96. The number of benzene rings is 2. The summed E-state index contributed by atoms with van der Waals surface area (Å²) in [6, 6.07) is 10.6. The van der Waals surface area contributed by atoms with Gasteiger partial charge in [0.05, 0.1) is 19.8 Å². The minimum absolute atomic E-state index is 0.0275. The van der Waals surface area contributed by atoms with Crippen LogP contribution in [-0.4, -0.2) is 38.0 Å². The molecule has 0 aliphatic carbocycles. The van der Waals surface area contributed by atoms with Crippen molar-refractivity contribution in [1.29, 1.82) is 0 Å². The number of carbonyl (C=O) groups excluding carboxylic acids is 1. The van der Waals surface area contributed by atoms with Crippen LogP contribution in [0.1, 0.15) is 17.4 Å². The molecule has 0 bridgehead atoms. The lowest BCUT2D eigenvalue weighted by Crippen LogP contribution is -2.28. The topological polar surface area (TPSA) is 57.2 Å². The molecule has 0 radical (unpaired) electrons. The van der Waals surface area contributed by atoms with Gasteiger partial charge in [-0.15, -0.1) is 13.2 Å². The Bertz CT molecular complexity index is 833. The third-order valence-electron chi connectivity index (χ3n) is 4.17. The molecule has 0 saturated carbocycles. The molecular weight excluding hydrogens is 379 g/mol. The van der Waals surface area contributed by atoms with Gasteiger partial charge in [-0.3, -0.25) is 4.79 Å². The third-order valence-corrected chi connectivity index (χ3v) is 4.17. The Hall–Kier alpha value is -2.94. The number of methoxy groups -OCH3 is 2. The number of hydrogen-bond acceptors (Lipinski definition) is 5. The predicted octanol–water partition coefficient (Wildman–Crippen LogP) is 3.66. The van der Waals surface area contributed by atoms with Crippen molar-refractivity contribution in [3.8, 4) is 17.2 Å². The highest BCUT2D eigenvalue weighted by atomic mass is 19.4. The minimum atomic E-state index is -4.79. The molecule has 6 nitrogen and oxygen atoms in total. The average molecular weight is 397 g/mol. The maximum absolute atomic E-state index is 12.5. The molecule has 1 amide bonds. The molecule has 3 rings (SSSR count). The van der Waals surface area contributed by atoms with Crippen LogP contribution >= 0.6 is 0 Å². The summed E-state index contributed by atoms with van der Waals surface area (Å²) in [5.74, 6) is 0.278. The van der Waals surface area contributed by atoms with Gasteiger partial charge in [0.2, 0.25) is 0 Å². The van der Waals surface area contributed by atoms with Crippen molar-refractivity contribution in [2.75, 3.05) is 20.8 Å². The molecule has 1 unspecified atom stereocenters. The van der Waals surface area contributed by atoms with Gasteiger partial charge in [-0.05, 0) is 29.8 Å². The van der Waals surface area contributed by atoms with Gasteiger partial charge < -0.3 is 23.8 Å². The van der Waals surface area contributed by atoms with Gasteiger partial charge in [0.25, 0.3) is 5.91 Å². The molecule has 150 valence electrons. The first-order valence-corrected chi connectivity index (χ1v) is 8.29. The molecule has 28 heavy (non-hydrogen) atoms. The number of carbonyl (C=O) groups is 1. The van der Waals surface area contributed by atoms with Gasteiger partial charge in [-0.1, -0.05) is 18.2 Å². The van der Waals surface area contributed by atoms with Crippen molar-refractivity contribution in [2.24, 2.45) is 0 Å². The molecule has 1 aliphatic heterocycles. The molecule has 9 heteroatoms. The third kappa shape index (κ3) is 4.30. The summed E-state index contributed by atoms with van der Waals surface area (Å²) in [6.45, 7) is -0.135. The zero-order valence-electron chi connectivity index (χ0n) is 15.2. The quantitative estimate of drug-likeness (QED) is 0.745. The lowest BCUT2D eigenvalue weighted by molar-refractivity contribution is -0.274. The highest BCUT2D eigenvalue weighted by Gasteiger charge is 2.37. The minimum Gasteiger partial charge on any atom is -0.496 e. The number of halogens is 3. The first-order valence-electron chi connectivity index (χ1n) is 8.29. The standard InChI is InChI=1S/C19H18F3NO5/c1-25-14-7-4-8-15(26-2)17(14)18-23(16(24)11-27-18)10-12-5-3-6-13(9-12)28-19(20,21)22/h3-9,18H,10-11H2,1-2H3. The fourth-order valence-electron chi connectivity index (χ4n) is 3.03. The van der Waals surface area contributed by atoms with Gasteiger partial charge >= 0.3 is 6.36 Å². The highest BCUT2D eigenvalue weighted by molar-refractivity contribution is 5.80. The molecule has 1 fully saturated rings. The van der Waals surface area contributed by atoms with Crippen LogP contribution < -0.4 is 14.2 Å². The maximum Gasteiger partial charge on any atom is 0.573 e. The SMILES string of the molecule is COc1cccc(OC)c1C1OCC(=O)N1Cc1cccc(OC(F)(F)F)c1. The van der Waals surface area contributed by atoms with Crippen LogP contribution in [0.25, 0.3) is 0 Å². The second kappa shape index (κ2) is 7.97. The number of amides is 1. The van der Waals surface area contributed by atoms with E-state index in [2.05, 4.69) is 4.74 Å². The summed E-state index contributed by atoms with van der Waals surface area (Å²) in [7, 11) is 2.97. The highest BCUT2D eigenvalue weighted by Crippen LogP contribution is 2.40. The van der Waals surface area contributed by atoms with E-state index < -0.39 is 12.6 Å². The lowest BCUT2D eigenvalue weighted by atomic mass is 10.1. The summed E-state index contributed by atoms with van der Waals surface area (Å²) < 4.78 is 57.7. The van der Waals surface area contributed by atoms with Gasteiger partial charge in [0.15, 0.2) is 6.23 Å². The van der Waals surface area contributed by atoms with Crippen LogP contribution in [0, 0.1) is 0 Å². The molecule has 2 aromatic carbocycles. The number of hydrogen-bond donors (Lipinski definition) is 0. The van der Waals surface area contributed by atoms with Gasteiger partial charge in [-0.2, -0.15) is 0 Å². The molecule has 0 N–H and O–H groups in total. The normalized spacial score (nSPS) is 17.0. The summed E-state index contributed by atoms with van der Waals surface area (Å²) in [4.78, 5) is 13.8. The Kier molecular flexibility index (Phi) is 5.64. The maximum atomic E-state index is 12.5. The first-order chi connectivity index (χ1) is 13.3. The lowest BCUT2D eigenvalue weighted by Gasteiger charge is -2.26. The van der Waals surface area contributed by atoms with Crippen LogP contribution in [-0.2, 0) is 16.1 Å². The van der Waals surface area contributed by atoms with Crippen LogP contribution in [0.2, 0.25) is 0 Å². The summed E-state index contributed by atoms with van der Waals surface area (Å²) in [5, 5.41) is 0. The first kappa shape index (κ1) is 19.8. The van der Waals surface area contributed by atoms with Crippen LogP contribution in [0.4, 0.5) is 13.2 Å². The van der Waals surface area contributed by atoms with E-state index in [9.17, 15) is 18.0 Å². The van der Waals surface area contributed by atoms with E-state index in [0.717, 1.165) is 0 Å². The number of ether oxygens (including phenoxy) is 4. The summed E-state index contributed by atoms with van der Waals surface area (Å²) in [5.41, 5.74) is 0.987. The van der Waals surface area contributed by atoms with Crippen LogP contribution in [0.3, 0.4) is 0 Å². The van der Waals surface area contributed by atoms with Crippen molar-refractivity contribution >= 4 is 5.91 Å². The fraction of sp³-hybridized carbons (Fsp3) is 0.316. The molecule has 1 atom stereocenters. The monoisotopic (exact) mass is 397 g/mol. The number of rotatable bonds is 6. The van der Waals surface area contributed by atoms with Crippen LogP contribution in [0.15, 0.2) is 42.5 Å². The van der Waals surface area contributed by atoms with E-state index in [1.807, 2.05) is 0 Å². The van der Waals surface area contributed by atoms with E-state index in [4.69, 9.17) is 14.2 Å². The van der Waals surface area contributed by atoms with Gasteiger partial charge in [0, 0.05) is 6.54 Å². The van der Waals surface area contributed by atoms with Crippen LogP contribution in [0.5, 0.6) is 17.2 Å². The van der Waals surface area contributed by atoms with Crippen molar-refractivity contribution < 1.29 is 36.9 Å². The van der Waals surface area contributed by atoms with E-state index in [1.165, 1.54) is 37.3 Å². The number of alkyl halides is 3. The van der Waals surface area contributed by atoms with Crippen molar-refractivity contribution in [3.05, 3.63) is 53.6 Å². The summed E-state index contributed by atoms with van der Waals surface area (Å²) in [6.07, 6.45) is -5.59. The van der Waals surface area contributed by atoms with Crippen molar-refractivity contribution in [2.45, 2.75) is 19.1 Å². The van der Waals surface area contributed by atoms with Crippen molar-refractivity contribution in [3.63, 3.8) is 0 Å². The predicted molar refractivity (Wildman–Crippen MR) is 91.9 cm³/mol. The van der Waals surface area contributed by atoms with Gasteiger partial charge in [0.1, 0.15) is 23.9 Å². The molecule has 0 spiro atoms. The van der Waals surface area contributed by atoms with E-state index in [-0.39, 0.29) is 24.8 Å². The van der Waals surface area contributed by atoms with E-state index in [0.29, 0.717) is 22.6 Å². The van der Waals surface area contributed by atoms with E-state index >= 15 is 0 Å². The number of nitrogens with zero attached hydrogens (tertiary/aromatic N) is 1. The summed E-state index contributed by atoms with van der Waals surface area (Å²) >= 11 is 0. The fourth-order valence-corrected chi connectivity index (χ4v) is 3.03. The van der Waals surface area contributed by atoms with Gasteiger partial charge in [-0.25, -0.2) is 0 Å². The molecular formula is C19H18F3NO5. The Morgan fingerprint density at radius 2 is 1.75 bits per heavy atom. The average Bonchev–Trinajstić information content (AvgIpc) is 3.00. The zero-order chi connectivity index (χ0) is 20.3. The van der Waals surface area contributed by atoms with Crippen molar-refractivity contribution in [1.82, 2.24) is 4.90 Å². The smallest absolute Gasteiger partial charge is 0.496 e. The van der Waals surface area contributed by atoms with E-state index in [1.54, 1.807) is 24.3 Å². The molecule has 1 aliphatic rings. The Balaban J connectivity index is 1.90. The Labute approximate surface area is 159 Å².